The van der Waals surface area contributed by atoms with Crippen LogP contribution in [0.25, 0.3) is 0 Å². The molecule has 0 aliphatic rings. The average Bonchev–Trinajstić information content (AvgIpc) is 2.36. The fraction of sp³-hybridized carbons (Fsp3) is 0.500. The molecule has 18 heavy (non-hydrogen) atoms. The zero-order valence-corrected chi connectivity index (χ0v) is 10.6. The van der Waals surface area contributed by atoms with E-state index >= 15 is 0 Å². The highest BCUT2D eigenvalue weighted by molar-refractivity contribution is 5.66. The molecule has 1 aromatic carbocycles. The van der Waals surface area contributed by atoms with Gasteiger partial charge in [0.25, 0.3) is 5.69 Å². The molecule has 1 N–H and O–H groups in total. The number of benzene rings is 1. The molecule has 0 saturated carbocycles. The van der Waals surface area contributed by atoms with Crippen molar-refractivity contribution in [2.75, 3.05) is 32.2 Å². The van der Waals surface area contributed by atoms with Crippen LogP contribution in [0.2, 0.25) is 0 Å². The first-order valence-electron chi connectivity index (χ1n) is 5.77. The van der Waals surface area contributed by atoms with Gasteiger partial charge in [0.1, 0.15) is 5.69 Å². The van der Waals surface area contributed by atoms with Crippen LogP contribution in [0.4, 0.5) is 11.4 Å². The highest BCUT2D eigenvalue weighted by atomic mass is 16.6. The number of nitro benzene ring substituents is 1. The van der Waals surface area contributed by atoms with Crippen molar-refractivity contribution >= 4 is 11.4 Å². The van der Waals surface area contributed by atoms with Gasteiger partial charge in [-0.15, -0.1) is 0 Å². The van der Waals surface area contributed by atoms with Crippen molar-refractivity contribution in [2.45, 2.75) is 13.5 Å². The minimum atomic E-state index is -0.392. The van der Waals surface area contributed by atoms with Crippen molar-refractivity contribution in [2.24, 2.45) is 0 Å². The molecule has 0 radical (unpaired) electrons. The van der Waals surface area contributed by atoms with Crippen LogP contribution in [0.5, 0.6) is 0 Å². The van der Waals surface area contributed by atoms with Crippen LogP contribution >= 0.6 is 0 Å². The number of nitro groups is 1. The number of para-hydroxylation sites is 1. The van der Waals surface area contributed by atoms with Crippen molar-refractivity contribution in [3.05, 3.63) is 33.9 Å². The average molecular weight is 254 g/mol. The van der Waals surface area contributed by atoms with E-state index in [1.165, 1.54) is 6.07 Å². The Morgan fingerprint density at radius 3 is 2.78 bits per heavy atom. The molecule has 0 unspecified atom stereocenters. The zero-order valence-electron chi connectivity index (χ0n) is 10.6. The number of methoxy groups -OCH3 is 1. The Kier molecular flexibility index (Phi) is 6.10. The lowest BCUT2D eigenvalue weighted by Crippen LogP contribution is -2.07. The van der Waals surface area contributed by atoms with E-state index in [2.05, 4.69) is 5.32 Å². The van der Waals surface area contributed by atoms with Crippen molar-refractivity contribution in [3.63, 3.8) is 0 Å². The van der Waals surface area contributed by atoms with Crippen molar-refractivity contribution in [3.8, 4) is 0 Å². The molecule has 0 spiro atoms. The predicted octanol–water partition coefficient (Wildman–Crippen LogP) is 2.19. The third-order valence-electron chi connectivity index (χ3n) is 2.37. The van der Waals surface area contributed by atoms with Crippen molar-refractivity contribution < 1.29 is 14.4 Å². The largest absolute Gasteiger partial charge is 0.382 e. The number of ether oxygens (including phenoxy) is 2. The Morgan fingerprint density at radius 1 is 1.39 bits per heavy atom. The first-order valence-corrected chi connectivity index (χ1v) is 5.77. The first-order chi connectivity index (χ1) is 8.70. The molecule has 0 atom stereocenters. The number of hydrogen-bond acceptors (Lipinski definition) is 5. The molecular weight excluding hydrogens is 236 g/mol. The molecule has 0 aliphatic heterocycles. The zero-order chi connectivity index (χ0) is 13.4. The Labute approximate surface area is 106 Å². The van der Waals surface area contributed by atoms with Gasteiger partial charge in [-0.2, -0.15) is 0 Å². The number of rotatable bonds is 8. The molecule has 1 aromatic rings. The molecule has 1 rings (SSSR count). The Balaban J connectivity index is 2.81. The van der Waals surface area contributed by atoms with Gasteiger partial charge in [0.05, 0.1) is 24.7 Å². The summed E-state index contributed by atoms with van der Waals surface area (Å²) in [6.07, 6.45) is 0. The molecule has 0 aliphatic carbocycles. The number of nitrogens with one attached hydrogen (secondary N) is 1. The summed E-state index contributed by atoms with van der Waals surface area (Å²) in [4.78, 5) is 10.5. The molecule has 100 valence electrons. The molecule has 6 nitrogen and oxygen atoms in total. The molecule has 0 bridgehead atoms. The van der Waals surface area contributed by atoms with Crippen LogP contribution in [0.15, 0.2) is 18.2 Å². The minimum Gasteiger partial charge on any atom is -0.382 e. The van der Waals surface area contributed by atoms with Gasteiger partial charge in [0.15, 0.2) is 0 Å². The predicted molar refractivity (Wildman–Crippen MR) is 68.8 cm³/mol. The lowest BCUT2D eigenvalue weighted by atomic mass is 10.1. The molecule has 0 fully saturated rings. The van der Waals surface area contributed by atoms with E-state index in [0.29, 0.717) is 32.1 Å². The van der Waals surface area contributed by atoms with Crippen LogP contribution in [0, 0.1) is 10.1 Å². The van der Waals surface area contributed by atoms with Crippen LogP contribution in [-0.2, 0) is 16.1 Å². The summed E-state index contributed by atoms with van der Waals surface area (Å²) in [5, 5.41) is 13.9. The van der Waals surface area contributed by atoms with Gasteiger partial charge < -0.3 is 14.8 Å². The van der Waals surface area contributed by atoms with Crippen molar-refractivity contribution in [1.82, 2.24) is 0 Å². The van der Waals surface area contributed by atoms with E-state index in [1.807, 2.05) is 13.0 Å². The van der Waals surface area contributed by atoms with Gasteiger partial charge in [-0.3, -0.25) is 10.1 Å². The van der Waals surface area contributed by atoms with Gasteiger partial charge in [-0.1, -0.05) is 12.1 Å². The van der Waals surface area contributed by atoms with Gasteiger partial charge in [0.2, 0.25) is 0 Å². The van der Waals surface area contributed by atoms with Gasteiger partial charge in [-0.25, -0.2) is 0 Å². The first kappa shape index (κ1) is 14.4. The van der Waals surface area contributed by atoms with E-state index < -0.39 is 4.92 Å². The number of anilines is 1. The summed E-state index contributed by atoms with van der Waals surface area (Å²) in [5.74, 6) is 0. The smallest absolute Gasteiger partial charge is 0.292 e. The topological polar surface area (TPSA) is 73.6 Å². The molecule has 0 heterocycles. The molecular formula is C12H18N2O4. The van der Waals surface area contributed by atoms with E-state index in [-0.39, 0.29) is 5.69 Å². The maximum atomic E-state index is 10.9. The quantitative estimate of drug-likeness (QED) is 0.437. The van der Waals surface area contributed by atoms with Crippen molar-refractivity contribution in [1.29, 1.82) is 0 Å². The van der Waals surface area contributed by atoms with Crippen LogP contribution in [0.1, 0.15) is 12.5 Å². The third-order valence-corrected chi connectivity index (χ3v) is 2.37. The second kappa shape index (κ2) is 7.62. The maximum absolute atomic E-state index is 10.9. The minimum absolute atomic E-state index is 0.0738. The Bertz CT molecular complexity index is 396. The summed E-state index contributed by atoms with van der Waals surface area (Å²) < 4.78 is 10.3. The SMILES string of the molecule is CCNc1c(COCCOC)cccc1[N+](=O)[O-]. The molecule has 0 aromatic heterocycles. The van der Waals surface area contributed by atoms with Crippen LogP contribution in [-0.4, -0.2) is 31.8 Å². The second-order valence-electron chi connectivity index (χ2n) is 3.64. The standard InChI is InChI=1S/C12H18N2O4/c1-3-13-12-10(9-18-8-7-17-2)5-4-6-11(12)14(15)16/h4-6,13H,3,7-9H2,1-2H3. The molecule has 6 heteroatoms. The highest BCUT2D eigenvalue weighted by Gasteiger charge is 2.16. The summed E-state index contributed by atoms with van der Waals surface area (Å²) in [7, 11) is 1.60. The second-order valence-corrected chi connectivity index (χ2v) is 3.64. The number of hydrogen-bond donors (Lipinski definition) is 1. The fourth-order valence-electron chi connectivity index (χ4n) is 1.56. The Hall–Kier alpha value is -1.66. The normalized spacial score (nSPS) is 10.3. The summed E-state index contributed by atoms with van der Waals surface area (Å²) in [6.45, 7) is 3.81. The van der Waals surface area contributed by atoms with Crippen LogP contribution in [0.3, 0.4) is 0 Å². The summed E-state index contributed by atoms with van der Waals surface area (Å²) in [6, 6.07) is 4.96. The van der Waals surface area contributed by atoms with Crippen LogP contribution < -0.4 is 5.32 Å². The van der Waals surface area contributed by atoms with E-state index in [1.54, 1.807) is 13.2 Å². The highest BCUT2D eigenvalue weighted by Crippen LogP contribution is 2.28. The monoisotopic (exact) mass is 254 g/mol. The van der Waals surface area contributed by atoms with Gasteiger partial charge in [-0.05, 0) is 6.92 Å². The summed E-state index contributed by atoms with van der Waals surface area (Å²) in [5.41, 5.74) is 1.38. The Morgan fingerprint density at radius 2 is 2.17 bits per heavy atom. The molecule has 0 saturated heterocycles. The molecule has 0 amide bonds. The van der Waals surface area contributed by atoms with E-state index in [4.69, 9.17) is 9.47 Å². The fourth-order valence-corrected chi connectivity index (χ4v) is 1.56. The third kappa shape index (κ3) is 3.97. The lowest BCUT2D eigenvalue weighted by molar-refractivity contribution is -0.384. The van der Waals surface area contributed by atoms with Gasteiger partial charge >= 0.3 is 0 Å². The van der Waals surface area contributed by atoms with E-state index in [0.717, 1.165) is 5.56 Å². The summed E-state index contributed by atoms with van der Waals surface area (Å²) >= 11 is 0. The van der Waals surface area contributed by atoms with Gasteiger partial charge in [0, 0.05) is 25.3 Å². The maximum Gasteiger partial charge on any atom is 0.292 e. The van der Waals surface area contributed by atoms with E-state index in [9.17, 15) is 10.1 Å². The number of nitrogens with zero attached hydrogens (tertiary/aromatic N) is 1. The lowest BCUT2D eigenvalue weighted by Gasteiger charge is -2.11.